The summed E-state index contributed by atoms with van der Waals surface area (Å²) in [7, 11) is 0. The Morgan fingerprint density at radius 1 is 1.83 bits per heavy atom. The number of esters is 1. The van der Waals surface area contributed by atoms with Crippen molar-refractivity contribution in [3.8, 4) is 0 Å². The third kappa shape index (κ3) is 2.06. The highest BCUT2D eigenvalue weighted by atomic mass is 16.6. The molecule has 0 aromatic heterocycles. The van der Waals surface area contributed by atoms with Crippen LogP contribution in [0.15, 0.2) is 12.2 Å². The highest BCUT2D eigenvalue weighted by Crippen LogP contribution is 2.08. The van der Waals surface area contributed by atoms with Crippen LogP contribution in [0.1, 0.15) is 6.92 Å². The number of carbonyl (C=O) groups is 1. The average molecular weight is 172 g/mol. The molecule has 1 aliphatic heterocycles. The summed E-state index contributed by atoms with van der Waals surface area (Å²) in [6.45, 7) is 2.36. The first-order chi connectivity index (χ1) is 5.75. The molecule has 0 saturated heterocycles. The maximum Gasteiger partial charge on any atom is 0.338 e. The zero-order valence-electron chi connectivity index (χ0n) is 6.90. The molecule has 1 aliphatic rings. The van der Waals surface area contributed by atoms with Crippen molar-refractivity contribution in [2.24, 2.45) is 0 Å². The number of ether oxygens (including phenoxy) is 2. The number of hydrogen-bond donors (Lipinski definition) is 1. The molecule has 12 heavy (non-hydrogen) atoms. The van der Waals surface area contributed by atoms with Gasteiger partial charge in [0.1, 0.15) is 6.10 Å². The van der Waals surface area contributed by atoms with Gasteiger partial charge in [-0.05, 0) is 6.92 Å². The molecule has 0 fully saturated rings. The van der Waals surface area contributed by atoms with Crippen molar-refractivity contribution in [2.45, 2.75) is 19.1 Å². The first-order valence-corrected chi connectivity index (χ1v) is 3.88. The molecule has 0 aromatic rings. The highest BCUT2D eigenvalue weighted by Gasteiger charge is 2.28. The van der Waals surface area contributed by atoms with Crippen molar-refractivity contribution in [1.29, 1.82) is 0 Å². The molecule has 0 aromatic carbocycles. The van der Waals surface area contributed by atoms with Gasteiger partial charge in [0.2, 0.25) is 0 Å². The predicted octanol–water partition coefficient (Wildman–Crippen LogP) is -0.135. The van der Waals surface area contributed by atoms with E-state index in [0.29, 0.717) is 13.2 Å². The van der Waals surface area contributed by atoms with E-state index in [0.717, 1.165) is 0 Å². The zero-order valence-corrected chi connectivity index (χ0v) is 6.90. The SMILES string of the molecule is CCOC(=O)[C@@H]1OCC=C[C@H]1O. The van der Waals surface area contributed by atoms with Crippen molar-refractivity contribution >= 4 is 5.97 Å². The van der Waals surface area contributed by atoms with E-state index in [2.05, 4.69) is 0 Å². The monoisotopic (exact) mass is 172 g/mol. The third-order valence-electron chi connectivity index (χ3n) is 1.53. The summed E-state index contributed by atoms with van der Waals surface area (Å²) >= 11 is 0. The van der Waals surface area contributed by atoms with Gasteiger partial charge in [-0.2, -0.15) is 0 Å². The molecule has 1 N–H and O–H groups in total. The minimum absolute atomic E-state index is 0.301. The zero-order chi connectivity index (χ0) is 8.97. The molecule has 4 heteroatoms. The maximum absolute atomic E-state index is 11.1. The molecule has 1 heterocycles. The van der Waals surface area contributed by atoms with Crippen molar-refractivity contribution in [3.05, 3.63) is 12.2 Å². The van der Waals surface area contributed by atoms with Gasteiger partial charge in [0.15, 0.2) is 6.10 Å². The van der Waals surface area contributed by atoms with Gasteiger partial charge in [-0.15, -0.1) is 0 Å². The van der Waals surface area contributed by atoms with Crippen LogP contribution >= 0.6 is 0 Å². The van der Waals surface area contributed by atoms with Gasteiger partial charge in [0.05, 0.1) is 13.2 Å². The van der Waals surface area contributed by atoms with E-state index in [4.69, 9.17) is 9.47 Å². The van der Waals surface area contributed by atoms with Crippen LogP contribution in [0.3, 0.4) is 0 Å². The van der Waals surface area contributed by atoms with Gasteiger partial charge < -0.3 is 14.6 Å². The van der Waals surface area contributed by atoms with Crippen LogP contribution in [0.5, 0.6) is 0 Å². The van der Waals surface area contributed by atoms with E-state index >= 15 is 0 Å². The molecule has 68 valence electrons. The number of aliphatic hydroxyl groups excluding tert-OH is 1. The largest absolute Gasteiger partial charge is 0.464 e. The Kier molecular flexibility index (Phi) is 3.25. The third-order valence-corrected chi connectivity index (χ3v) is 1.53. The Morgan fingerprint density at radius 2 is 2.58 bits per heavy atom. The normalized spacial score (nSPS) is 28.5. The molecule has 1 rings (SSSR count). The summed E-state index contributed by atoms with van der Waals surface area (Å²) in [4.78, 5) is 11.1. The molecule has 0 unspecified atom stereocenters. The summed E-state index contributed by atoms with van der Waals surface area (Å²) in [5.41, 5.74) is 0. The minimum Gasteiger partial charge on any atom is -0.464 e. The summed E-state index contributed by atoms with van der Waals surface area (Å²) < 4.78 is 9.69. The Hall–Kier alpha value is -0.870. The fourth-order valence-electron chi connectivity index (χ4n) is 0.986. The van der Waals surface area contributed by atoms with Crippen LogP contribution in [0.4, 0.5) is 0 Å². The van der Waals surface area contributed by atoms with Crippen LogP contribution in [-0.2, 0) is 14.3 Å². The van der Waals surface area contributed by atoms with Crippen molar-refractivity contribution in [1.82, 2.24) is 0 Å². The van der Waals surface area contributed by atoms with Crippen LogP contribution in [-0.4, -0.2) is 36.5 Å². The minimum atomic E-state index is -0.877. The molecule has 2 atom stereocenters. The van der Waals surface area contributed by atoms with Gasteiger partial charge in [-0.1, -0.05) is 12.2 Å². The van der Waals surface area contributed by atoms with Crippen LogP contribution in [0, 0.1) is 0 Å². The fourth-order valence-corrected chi connectivity index (χ4v) is 0.986. The number of hydrogen-bond acceptors (Lipinski definition) is 4. The highest BCUT2D eigenvalue weighted by molar-refractivity contribution is 5.76. The van der Waals surface area contributed by atoms with Gasteiger partial charge >= 0.3 is 5.97 Å². The molecule has 4 nitrogen and oxygen atoms in total. The molecule has 0 aliphatic carbocycles. The Labute approximate surface area is 70.8 Å². The lowest BCUT2D eigenvalue weighted by atomic mass is 10.1. The Bertz CT molecular complexity index is 187. The smallest absolute Gasteiger partial charge is 0.338 e. The van der Waals surface area contributed by atoms with Gasteiger partial charge in [0, 0.05) is 0 Å². The second kappa shape index (κ2) is 4.23. The van der Waals surface area contributed by atoms with Gasteiger partial charge in [0.25, 0.3) is 0 Å². The predicted molar refractivity (Wildman–Crippen MR) is 41.5 cm³/mol. The molecular weight excluding hydrogens is 160 g/mol. The molecule has 0 radical (unpaired) electrons. The van der Waals surface area contributed by atoms with Crippen LogP contribution in [0.25, 0.3) is 0 Å². The van der Waals surface area contributed by atoms with Crippen molar-refractivity contribution in [3.63, 3.8) is 0 Å². The van der Waals surface area contributed by atoms with E-state index in [1.165, 1.54) is 6.08 Å². The summed E-state index contributed by atoms with van der Waals surface area (Å²) in [5, 5.41) is 9.25. The van der Waals surface area contributed by atoms with E-state index in [9.17, 15) is 9.90 Å². The molecule has 0 amide bonds. The fraction of sp³-hybridized carbons (Fsp3) is 0.625. The van der Waals surface area contributed by atoms with Crippen LogP contribution in [0.2, 0.25) is 0 Å². The second-order valence-corrected chi connectivity index (χ2v) is 2.42. The first-order valence-electron chi connectivity index (χ1n) is 3.88. The van der Waals surface area contributed by atoms with Gasteiger partial charge in [-0.3, -0.25) is 0 Å². The topological polar surface area (TPSA) is 55.8 Å². The van der Waals surface area contributed by atoms with E-state index in [1.807, 2.05) is 0 Å². The molecule has 0 bridgehead atoms. The van der Waals surface area contributed by atoms with E-state index < -0.39 is 18.2 Å². The Morgan fingerprint density at radius 3 is 3.17 bits per heavy atom. The number of aliphatic hydroxyl groups is 1. The van der Waals surface area contributed by atoms with E-state index in [1.54, 1.807) is 13.0 Å². The molecule has 0 saturated carbocycles. The molecule has 0 spiro atoms. The quantitative estimate of drug-likeness (QED) is 0.465. The summed E-state index contributed by atoms with van der Waals surface area (Å²) in [6, 6.07) is 0. The van der Waals surface area contributed by atoms with Crippen molar-refractivity contribution < 1.29 is 19.4 Å². The van der Waals surface area contributed by atoms with Crippen LogP contribution < -0.4 is 0 Å². The lowest BCUT2D eigenvalue weighted by molar-refractivity contribution is -0.162. The number of carbonyl (C=O) groups excluding carboxylic acids is 1. The first kappa shape index (κ1) is 9.22. The van der Waals surface area contributed by atoms with E-state index in [-0.39, 0.29) is 0 Å². The number of rotatable bonds is 2. The summed E-state index contributed by atoms with van der Waals surface area (Å²) in [6.07, 6.45) is 1.47. The standard InChI is InChI=1S/C8H12O4/c1-2-11-8(10)7-6(9)4-3-5-12-7/h3-4,6-7,9H,2,5H2,1H3/t6-,7-/m1/s1. The second-order valence-electron chi connectivity index (χ2n) is 2.42. The van der Waals surface area contributed by atoms with Crippen molar-refractivity contribution in [2.75, 3.05) is 13.2 Å². The summed E-state index contributed by atoms with van der Waals surface area (Å²) in [5.74, 6) is -0.505. The lowest BCUT2D eigenvalue weighted by Gasteiger charge is -2.21. The lowest BCUT2D eigenvalue weighted by Crippen LogP contribution is -2.39. The van der Waals surface area contributed by atoms with Gasteiger partial charge in [-0.25, -0.2) is 4.79 Å². The molecular formula is C8H12O4. The average Bonchev–Trinajstić information content (AvgIpc) is 2.05. The maximum atomic E-state index is 11.1. The Balaban J connectivity index is 2.50.